The van der Waals surface area contributed by atoms with Crippen LogP contribution in [0.2, 0.25) is 0 Å². The number of aliphatic imine (C=N–C) groups is 1. The van der Waals surface area contributed by atoms with Crippen LogP contribution in [-0.4, -0.2) is 57.7 Å². The van der Waals surface area contributed by atoms with E-state index in [-0.39, 0.29) is 43.7 Å². The van der Waals surface area contributed by atoms with Gasteiger partial charge in [0.2, 0.25) is 0 Å². The summed E-state index contributed by atoms with van der Waals surface area (Å²) in [6.45, 7) is 0.424. The molecule has 2 aromatic carbocycles. The highest BCUT2D eigenvalue weighted by Gasteiger charge is 2.34. The minimum Gasteiger partial charge on any atom is -0.369 e. The molecule has 1 aromatic heterocycles. The summed E-state index contributed by atoms with van der Waals surface area (Å²) in [5, 5.41) is 0. The van der Waals surface area contributed by atoms with Crippen LogP contribution in [0.1, 0.15) is 32.7 Å². The quantitative estimate of drug-likeness (QED) is 0.292. The van der Waals surface area contributed by atoms with Gasteiger partial charge in [0.1, 0.15) is 5.82 Å². The lowest BCUT2D eigenvalue weighted by Crippen LogP contribution is -2.40. The summed E-state index contributed by atoms with van der Waals surface area (Å²) in [7, 11) is 3.59. The summed E-state index contributed by atoms with van der Waals surface area (Å²) >= 11 is 0. The molecule has 9 heteroatoms. The van der Waals surface area contributed by atoms with Crippen LogP contribution in [0.25, 0.3) is 0 Å². The Balaban J connectivity index is 1.58. The Bertz CT molecular complexity index is 1340. The first-order valence-corrected chi connectivity index (χ1v) is 10.9. The first-order chi connectivity index (χ1) is 16.4. The van der Waals surface area contributed by atoms with E-state index >= 15 is 0 Å². The van der Waals surface area contributed by atoms with Crippen LogP contribution in [0.15, 0.2) is 75.2 Å². The molecule has 0 unspecified atom stereocenters. The van der Waals surface area contributed by atoms with E-state index in [4.69, 9.17) is 0 Å². The van der Waals surface area contributed by atoms with Crippen LogP contribution >= 0.6 is 0 Å². The maximum atomic E-state index is 13.3. The Morgan fingerprint density at radius 3 is 2.06 bits per heavy atom. The molecular weight excluding hydrogens is 434 g/mol. The summed E-state index contributed by atoms with van der Waals surface area (Å²) < 4.78 is 2.56. The number of hydrogen-bond donors (Lipinski definition) is 0. The summed E-state index contributed by atoms with van der Waals surface area (Å²) in [6.07, 6.45) is 1.80. The fourth-order valence-corrected chi connectivity index (χ4v) is 3.84. The Morgan fingerprint density at radius 1 is 0.824 bits per heavy atom. The van der Waals surface area contributed by atoms with Crippen molar-refractivity contribution in [2.24, 2.45) is 4.99 Å². The summed E-state index contributed by atoms with van der Waals surface area (Å²) in [6, 6.07) is 17.4. The van der Waals surface area contributed by atoms with Gasteiger partial charge >= 0.3 is 5.69 Å². The van der Waals surface area contributed by atoms with E-state index in [0.717, 1.165) is 15.0 Å². The van der Waals surface area contributed by atoms with Gasteiger partial charge in [-0.3, -0.25) is 28.4 Å². The third-order valence-electron chi connectivity index (χ3n) is 5.50. The summed E-state index contributed by atoms with van der Waals surface area (Å²) in [5.74, 6) is -0.463. The molecule has 3 aromatic rings. The average molecular weight is 460 g/mol. The molecule has 0 bridgehead atoms. The van der Waals surface area contributed by atoms with Gasteiger partial charge in [-0.15, -0.1) is 0 Å². The maximum absolute atomic E-state index is 13.3. The van der Waals surface area contributed by atoms with Gasteiger partial charge in [0.25, 0.3) is 17.4 Å². The molecular formula is C25H25N5O4. The second-order valence-electron chi connectivity index (χ2n) is 8.22. The van der Waals surface area contributed by atoms with Crippen LogP contribution < -0.4 is 11.2 Å². The third kappa shape index (κ3) is 4.59. The molecule has 2 heterocycles. The molecule has 0 aliphatic carbocycles. The smallest absolute Gasteiger partial charge is 0.332 e. The van der Waals surface area contributed by atoms with Crippen molar-refractivity contribution < 1.29 is 9.59 Å². The van der Waals surface area contributed by atoms with Gasteiger partial charge in [0, 0.05) is 33.3 Å². The molecule has 34 heavy (non-hydrogen) atoms. The highest BCUT2D eigenvalue weighted by atomic mass is 16.2. The van der Waals surface area contributed by atoms with E-state index in [1.165, 1.54) is 17.0 Å². The molecule has 0 atom stereocenters. The Morgan fingerprint density at radius 2 is 1.44 bits per heavy atom. The molecule has 4 rings (SSSR count). The van der Waals surface area contributed by atoms with Gasteiger partial charge in [0.05, 0.1) is 24.0 Å². The standard InChI is InChI=1S/C25H25N5O4/c1-27(2)17-26-21-15-22(31)28(25(34)30(21)16-18-9-4-3-5-10-18)13-8-14-29-23(32)19-11-6-7-12-20(19)24(29)33/h3-7,9-12,15,17H,8,13-14,16H2,1-2H3/b26-17+. The molecule has 0 N–H and O–H groups in total. The number of carbonyl (C=O) groups is 2. The Labute approximate surface area is 196 Å². The van der Waals surface area contributed by atoms with Crippen molar-refractivity contribution in [3.8, 4) is 0 Å². The van der Waals surface area contributed by atoms with Crippen molar-refractivity contribution in [3.05, 3.63) is 98.2 Å². The zero-order chi connectivity index (χ0) is 24.2. The minimum absolute atomic E-state index is 0.0670. The van der Waals surface area contributed by atoms with Crippen LogP contribution in [0, 0.1) is 0 Å². The molecule has 9 nitrogen and oxygen atoms in total. The molecule has 174 valence electrons. The SMILES string of the molecule is CN(C)/C=N/c1cc(=O)n(CCCN2C(=O)c3ccccc3C2=O)c(=O)n1Cc1ccccc1. The molecule has 0 saturated heterocycles. The van der Waals surface area contributed by atoms with E-state index in [2.05, 4.69) is 4.99 Å². The van der Waals surface area contributed by atoms with Gasteiger partial charge < -0.3 is 4.90 Å². The fraction of sp³-hybridized carbons (Fsp3) is 0.240. The number of fused-ring (bicyclic) bond motifs is 1. The molecule has 0 fully saturated rings. The topological polar surface area (TPSA) is 97.0 Å². The number of hydrogen-bond acceptors (Lipinski definition) is 5. The number of carbonyl (C=O) groups excluding carboxylic acids is 2. The maximum Gasteiger partial charge on any atom is 0.332 e. The largest absolute Gasteiger partial charge is 0.369 e. The lowest BCUT2D eigenvalue weighted by atomic mass is 10.1. The Hall–Kier alpha value is -4.27. The summed E-state index contributed by atoms with van der Waals surface area (Å²) in [5.41, 5.74) is 0.658. The molecule has 0 saturated carbocycles. The Kier molecular flexibility index (Phi) is 6.53. The van der Waals surface area contributed by atoms with Crippen molar-refractivity contribution in [1.29, 1.82) is 0 Å². The molecule has 0 spiro atoms. The zero-order valence-corrected chi connectivity index (χ0v) is 19.0. The van der Waals surface area contributed by atoms with Crippen LogP contribution in [-0.2, 0) is 13.1 Å². The van der Waals surface area contributed by atoms with Crippen LogP contribution in [0.3, 0.4) is 0 Å². The lowest BCUT2D eigenvalue weighted by molar-refractivity contribution is 0.0650. The van der Waals surface area contributed by atoms with Gasteiger partial charge in [-0.05, 0) is 24.1 Å². The molecule has 1 aliphatic heterocycles. The van der Waals surface area contributed by atoms with Crippen molar-refractivity contribution in [1.82, 2.24) is 18.9 Å². The van der Waals surface area contributed by atoms with Gasteiger partial charge in [-0.2, -0.15) is 0 Å². The highest BCUT2D eigenvalue weighted by Crippen LogP contribution is 2.22. The minimum atomic E-state index is -0.496. The highest BCUT2D eigenvalue weighted by molar-refractivity contribution is 6.21. The number of nitrogens with zero attached hydrogens (tertiary/aromatic N) is 5. The monoisotopic (exact) mass is 459 g/mol. The first-order valence-electron chi connectivity index (χ1n) is 10.9. The second-order valence-corrected chi connectivity index (χ2v) is 8.22. The fourth-order valence-electron chi connectivity index (χ4n) is 3.84. The van der Waals surface area contributed by atoms with Gasteiger partial charge in [-0.25, -0.2) is 9.79 Å². The third-order valence-corrected chi connectivity index (χ3v) is 5.50. The van der Waals surface area contributed by atoms with Crippen LogP contribution in [0.4, 0.5) is 5.82 Å². The van der Waals surface area contributed by atoms with Crippen molar-refractivity contribution >= 4 is 24.0 Å². The van der Waals surface area contributed by atoms with E-state index in [9.17, 15) is 19.2 Å². The average Bonchev–Trinajstić information content (AvgIpc) is 3.07. The predicted octanol–water partition coefficient (Wildman–Crippen LogP) is 1.97. The predicted molar refractivity (Wildman–Crippen MR) is 129 cm³/mol. The number of amides is 2. The first kappa shape index (κ1) is 22.9. The molecule has 0 radical (unpaired) electrons. The van der Waals surface area contributed by atoms with Crippen molar-refractivity contribution in [2.75, 3.05) is 20.6 Å². The van der Waals surface area contributed by atoms with E-state index < -0.39 is 11.2 Å². The number of aromatic nitrogens is 2. The number of imide groups is 1. The summed E-state index contributed by atoms with van der Waals surface area (Å²) in [4.78, 5) is 58.3. The van der Waals surface area contributed by atoms with E-state index in [1.54, 1.807) is 43.3 Å². The normalized spacial score (nSPS) is 13.1. The van der Waals surface area contributed by atoms with Gasteiger partial charge in [-0.1, -0.05) is 42.5 Å². The number of benzene rings is 2. The van der Waals surface area contributed by atoms with E-state index in [1.807, 2.05) is 30.3 Å². The zero-order valence-electron chi connectivity index (χ0n) is 19.0. The van der Waals surface area contributed by atoms with E-state index in [0.29, 0.717) is 11.1 Å². The molecule has 1 aliphatic rings. The number of rotatable bonds is 8. The molecule has 2 amide bonds. The van der Waals surface area contributed by atoms with Gasteiger partial charge in [0.15, 0.2) is 0 Å². The van der Waals surface area contributed by atoms with Crippen LogP contribution in [0.5, 0.6) is 0 Å². The van der Waals surface area contributed by atoms with Crippen molar-refractivity contribution in [2.45, 2.75) is 19.5 Å². The van der Waals surface area contributed by atoms with Crippen molar-refractivity contribution in [3.63, 3.8) is 0 Å². The second kappa shape index (κ2) is 9.70. The lowest BCUT2D eigenvalue weighted by Gasteiger charge is -2.16.